The lowest BCUT2D eigenvalue weighted by Crippen LogP contribution is -2.39. The quantitative estimate of drug-likeness (QED) is 0.831. The van der Waals surface area contributed by atoms with Crippen LogP contribution in [-0.4, -0.2) is 33.9 Å². The van der Waals surface area contributed by atoms with E-state index in [4.69, 9.17) is 0 Å². The second kappa shape index (κ2) is 6.45. The minimum absolute atomic E-state index is 0.0829. The number of aromatic amines is 1. The van der Waals surface area contributed by atoms with Crippen molar-refractivity contribution >= 4 is 5.91 Å². The highest BCUT2D eigenvalue weighted by molar-refractivity contribution is 5.94. The van der Waals surface area contributed by atoms with Crippen LogP contribution in [0.4, 0.5) is 22.0 Å². The van der Waals surface area contributed by atoms with Gasteiger partial charge in [0.1, 0.15) is 23.2 Å². The van der Waals surface area contributed by atoms with Crippen LogP contribution in [0.3, 0.4) is 0 Å². The molecule has 4 nitrogen and oxygen atoms in total. The number of halogens is 5. The summed E-state index contributed by atoms with van der Waals surface area (Å²) in [4.78, 5) is 19.7. The lowest BCUT2D eigenvalue weighted by atomic mass is 9.96. The van der Waals surface area contributed by atoms with Gasteiger partial charge in [-0.1, -0.05) is 0 Å². The summed E-state index contributed by atoms with van der Waals surface area (Å²) in [5, 5.41) is 0. The van der Waals surface area contributed by atoms with Crippen LogP contribution >= 0.6 is 0 Å². The second-order valence-corrected chi connectivity index (χ2v) is 5.89. The molecule has 0 bridgehead atoms. The molecule has 3 rings (SSSR count). The van der Waals surface area contributed by atoms with Gasteiger partial charge in [0.15, 0.2) is 0 Å². The number of rotatable bonds is 2. The van der Waals surface area contributed by atoms with Crippen molar-refractivity contribution in [3.63, 3.8) is 0 Å². The molecule has 1 aromatic carbocycles. The van der Waals surface area contributed by atoms with Gasteiger partial charge in [0, 0.05) is 19.0 Å². The fraction of sp³-hybridized carbons (Fsp3) is 0.375. The third-order valence-electron chi connectivity index (χ3n) is 4.15. The Hall–Kier alpha value is -2.45. The molecule has 0 saturated carbocycles. The van der Waals surface area contributed by atoms with Crippen molar-refractivity contribution in [2.75, 3.05) is 13.1 Å². The van der Waals surface area contributed by atoms with E-state index < -0.39 is 40.9 Å². The van der Waals surface area contributed by atoms with E-state index >= 15 is 0 Å². The maximum absolute atomic E-state index is 13.8. The number of nitrogens with one attached hydrogen (secondary N) is 1. The van der Waals surface area contributed by atoms with E-state index in [2.05, 4.69) is 9.97 Å². The number of hydrogen-bond acceptors (Lipinski definition) is 2. The second-order valence-electron chi connectivity index (χ2n) is 5.89. The number of carbonyl (C=O) groups excluding carboxylic acids is 1. The first kappa shape index (κ1) is 17.4. The van der Waals surface area contributed by atoms with Crippen LogP contribution in [0, 0.1) is 11.6 Å². The molecule has 1 saturated heterocycles. The number of benzene rings is 1. The molecule has 2 heterocycles. The summed E-state index contributed by atoms with van der Waals surface area (Å²) in [6.45, 7) is 0.401. The Morgan fingerprint density at radius 3 is 2.72 bits per heavy atom. The highest BCUT2D eigenvalue weighted by Gasteiger charge is 2.35. The van der Waals surface area contributed by atoms with Crippen molar-refractivity contribution in [1.82, 2.24) is 14.9 Å². The topological polar surface area (TPSA) is 49.0 Å². The Labute approximate surface area is 139 Å². The van der Waals surface area contributed by atoms with Crippen molar-refractivity contribution < 1.29 is 26.7 Å². The van der Waals surface area contributed by atoms with E-state index in [0.717, 1.165) is 18.2 Å². The van der Waals surface area contributed by atoms with E-state index in [9.17, 15) is 26.7 Å². The molecule has 1 aliphatic rings. The lowest BCUT2D eigenvalue weighted by molar-refractivity contribution is -0.141. The van der Waals surface area contributed by atoms with Gasteiger partial charge < -0.3 is 9.88 Å². The first-order chi connectivity index (χ1) is 11.8. The van der Waals surface area contributed by atoms with Gasteiger partial charge >= 0.3 is 6.18 Å². The summed E-state index contributed by atoms with van der Waals surface area (Å²) in [7, 11) is 0. The first-order valence-corrected chi connectivity index (χ1v) is 7.62. The maximum atomic E-state index is 13.8. The number of piperidine rings is 1. The van der Waals surface area contributed by atoms with Crippen LogP contribution in [0.25, 0.3) is 0 Å². The van der Waals surface area contributed by atoms with Crippen molar-refractivity contribution in [2.45, 2.75) is 24.9 Å². The number of nitrogens with zero attached hydrogens (tertiary/aromatic N) is 2. The molecule has 1 fully saturated rings. The van der Waals surface area contributed by atoms with Crippen molar-refractivity contribution in [3.8, 4) is 0 Å². The zero-order chi connectivity index (χ0) is 18.2. The van der Waals surface area contributed by atoms with E-state index in [1.54, 1.807) is 0 Å². The predicted molar refractivity (Wildman–Crippen MR) is 77.8 cm³/mol. The molecule has 1 amide bonds. The normalized spacial score (nSPS) is 18.4. The molecule has 0 spiro atoms. The highest BCUT2D eigenvalue weighted by atomic mass is 19.4. The monoisotopic (exact) mass is 359 g/mol. The molecule has 1 N–H and O–H groups in total. The Kier molecular flexibility index (Phi) is 4.49. The molecule has 1 aromatic heterocycles. The number of H-pyrrole nitrogens is 1. The van der Waals surface area contributed by atoms with Crippen LogP contribution in [0.15, 0.2) is 24.4 Å². The molecule has 134 valence electrons. The van der Waals surface area contributed by atoms with Gasteiger partial charge in [0.25, 0.3) is 5.91 Å². The van der Waals surface area contributed by atoms with Crippen molar-refractivity contribution in [2.24, 2.45) is 0 Å². The lowest BCUT2D eigenvalue weighted by Gasteiger charge is -2.32. The van der Waals surface area contributed by atoms with Gasteiger partial charge in [-0.15, -0.1) is 0 Å². The van der Waals surface area contributed by atoms with Crippen LogP contribution in [0.2, 0.25) is 0 Å². The fourth-order valence-corrected chi connectivity index (χ4v) is 2.90. The van der Waals surface area contributed by atoms with E-state index in [1.165, 1.54) is 4.90 Å². The van der Waals surface area contributed by atoms with Crippen LogP contribution in [0.5, 0.6) is 0 Å². The largest absolute Gasteiger partial charge is 0.432 e. The van der Waals surface area contributed by atoms with Gasteiger partial charge in [0.05, 0.1) is 11.8 Å². The van der Waals surface area contributed by atoms with E-state index in [1.807, 2.05) is 0 Å². The number of aromatic nitrogens is 2. The van der Waals surface area contributed by atoms with Gasteiger partial charge in [-0.3, -0.25) is 4.79 Å². The molecular formula is C16H14F5N3O. The summed E-state index contributed by atoms with van der Waals surface area (Å²) < 4.78 is 65.0. The molecule has 0 unspecified atom stereocenters. The molecule has 0 radical (unpaired) electrons. The molecule has 25 heavy (non-hydrogen) atoms. The molecule has 1 atom stereocenters. The van der Waals surface area contributed by atoms with Gasteiger partial charge in [-0.2, -0.15) is 13.2 Å². The summed E-state index contributed by atoms with van der Waals surface area (Å²) in [6.07, 6.45) is -2.75. The third-order valence-corrected chi connectivity index (χ3v) is 4.15. The van der Waals surface area contributed by atoms with Crippen molar-refractivity contribution in [3.05, 3.63) is 53.1 Å². The zero-order valence-electron chi connectivity index (χ0n) is 12.9. The SMILES string of the molecule is O=C(c1cc(F)ccc1F)N1CCC[C@@H](c2ncc(C(F)(F)F)[nH]2)C1. The van der Waals surface area contributed by atoms with Crippen LogP contribution in [0.1, 0.15) is 40.6 Å². The van der Waals surface area contributed by atoms with E-state index in [0.29, 0.717) is 25.6 Å². The molecule has 0 aliphatic carbocycles. The average molecular weight is 359 g/mol. The maximum Gasteiger partial charge on any atom is 0.432 e. The fourth-order valence-electron chi connectivity index (χ4n) is 2.90. The number of imidazole rings is 1. The van der Waals surface area contributed by atoms with Crippen LogP contribution < -0.4 is 0 Å². The Bertz CT molecular complexity index is 786. The summed E-state index contributed by atoms with van der Waals surface area (Å²) >= 11 is 0. The minimum atomic E-state index is -4.53. The first-order valence-electron chi connectivity index (χ1n) is 7.62. The molecular weight excluding hydrogens is 345 g/mol. The van der Waals surface area contributed by atoms with Gasteiger partial charge in [-0.05, 0) is 31.0 Å². The number of alkyl halides is 3. The average Bonchev–Trinajstić information content (AvgIpc) is 3.07. The van der Waals surface area contributed by atoms with Crippen molar-refractivity contribution in [1.29, 1.82) is 0 Å². The summed E-state index contributed by atoms with van der Waals surface area (Å²) in [6, 6.07) is 2.59. The number of likely N-dealkylation sites (tertiary alicyclic amines) is 1. The number of amides is 1. The molecule has 1 aliphatic heterocycles. The standard InChI is InChI=1S/C16H14F5N3O/c17-10-3-4-12(18)11(6-10)15(25)24-5-1-2-9(8-24)14-22-7-13(23-14)16(19,20)21/h3-4,6-7,9H,1-2,5,8H2,(H,22,23)/t9-/m1/s1. The van der Waals surface area contributed by atoms with E-state index in [-0.39, 0.29) is 12.4 Å². The Morgan fingerprint density at radius 1 is 1.28 bits per heavy atom. The third kappa shape index (κ3) is 3.64. The zero-order valence-corrected chi connectivity index (χ0v) is 12.9. The Morgan fingerprint density at radius 2 is 2.04 bits per heavy atom. The van der Waals surface area contributed by atoms with Gasteiger partial charge in [0.2, 0.25) is 0 Å². The number of carbonyl (C=O) groups is 1. The minimum Gasteiger partial charge on any atom is -0.338 e. The molecule has 9 heteroatoms. The Balaban J connectivity index is 1.78. The number of hydrogen-bond donors (Lipinski definition) is 1. The highest BCUT2D eigenvalue weighted by Crippen LogP contribution is 2.31. The van der Waals surface area contributed by atoms with Crippen LogP contribution in [-0.2, 0) is 6.18 Å². The summed E-state index contributed by atoms with van der Waals surface area (Å²) in [5.41, 5.74) is -1.35. The van der Waals surface area contributed by atoms with Gasteiger partial charge in [-0.25, -0.2) is 13.8 Å². The molecule has 2 aromatic rings. The predicted octanol–water partition coefficient (Wildman–Crippen LogP) is 3.73. The smallest absolute Gasteiger partial charge is 0.338 e. The summed E-state index contributed by atoms with van der Waals surface area (Å²) in [5.74, 6) is -2.57.